The number of rotatable bonds is 3. The Hall–Kier alpha value is -2.74. The minimum absolute atomic E-state index is 0.429. The summed E-state index contributed by atoms with van der Waals surface area (Å²) in [5.74, 6) is -2.39. The van der Waals surface area contributed by atoms with Gasteiger partial charge in [-0.2, -0.15) is 5.26 Å². The van der Waals surface area contributed by atoms with E-state index in [2.05, 4.69) is 5.32 Å². The Bertz CT molecular complexity index is 665. The monoisotopic (exact) mass is 272 g/mol. The highest BCUT2D eigenvalue weighted by Gasteiger charge is 2.18. The van der Waals surface area contributed by atoms with Gasteiger partial charge in [0.05, 0.1) is 11.6 Å². The zero-order valence-electron chi connectivity index (χ0n) is 10.3. The third-order valence-corrected chi connectivity index (χ3v) is 2.71. The molecule has 0 fully saturated rings. The van der Waals surface area contributed by atoms with Crippen molar-refractivity contribution in [1.82, 2.24) is 5.32 Å². The summed E-state index contributed by atoms with van der Waals surface area (Å²) in [7, 11) is 0. The normalized spacial score (nSPS) is 11.4. The Balaban J connectivity index is 2.22. The second-order valence-corrected chi connectivity index (χ2v) is 4.07. The van der Waals surface area contributed by atoms with Crippen LogP contribution >= 0.6 is 0 Å². The average molecular weight is 272 g/mol. The number of nitriles is 1. The first-order valence-corrected chi connectivity index (χ1v) is 5.82. The molecule has 0 heterocycles. The Morgan fingerprint density at radius 1 is 1.15 bits per heavy atom. The summed E-state index contributed by atoms with van der Waals surface area (Å²) in [6.45, 7) is 0. The minimum atomic E-state index is -0.925. The van der Waals surface area contributed by atoms with E-state index < -0.39 is 29.1 Å². The molecule has 5 heteroatoms. The number of nitrogens with one attached hydrogen (secondary N) is 1. The zero-order chi connectivity index (χ0) is 14.5. The highest BCUT2D eigenvalue weighted by atomic mass is 19.1. The molecule has 1 amide bonds. The van der Waals surface area contributed by atoms with Gasteiger partial charge in [-0.25, -0.2) is 8.78 Å². The van der Waals surface area contributed by atoms with Crippen LogP contribution in [0.2, 0.25) is 0 Å². The van der Waals surface area contributed by atoms with Crippen LogP contribution < -0.4 is 5.32 Å². The predicted octanol–water partition coefficient (Wildman–Crippen LogP) is 2.96. The fourth-order valence-electron chi connectivity index (χ4n) is 1.72. The summed E-state index contributed by atoms with van der Waals surface area (Å²) < 4.78 is 26.5. The van der Waals surface area contributed by atoms with Crippen LogP contribution in [-0.4, -0.2) is 5.91 Å². The van der Waals surface area contributed by atoms with Crippen molar-refractivity contribution < 1.29 is 13.6 Å². The lowest BCUT2D eigenvalue weighted by Gasteiger charge is -2.12. The van der Waals surface area contributed by atoms with Crippen LogP contribution in [0.5, 0.6) is 0 Å². The van der Waals surface area contributed by atoms with Gasteiger partial charge in [0.25, 0.3) is 5.91 Å². The molecule has 0 aromatic heterocycles. The van der Waals surface area contributed by atoms with Gasteiger partial charge < -0.3 is 5.32 Å². The van der Waals surface area contributed by atoms with Gasteiger partial charge in [0.15, 0.2) is 0 Å². The predicted molar refractivity (Wildman–Crippen MR) is 68.6 cm³/mol. The largest absolute Gasteiger partial charge is 0.332 e. The average Bonchev–Trinajstić information content (AvgIpc) is 2.48. The standard InChI is InChI=1S/C15H10F2N2O/c16-11-6-7-13(17)12(8-11)15(20)19-14(9-18)10-4-2-1-3-5-10/h1-8,14H,(H,19,20). The molecule has 2 aromatic rings. The summed E-state index contributed by atoms with van der Waals surface area (Å²) in [5.41, 5.74) is 0.140. The number of carbonyl (C=O) groups is 1. The van der Waals surface area contributed by atoms with Gasteiger partial charge in [0.2, 0.25) is 0 Å². The Morgan fingerprint density at radius 2 is 1.85 bits per heavy atom. The van der Waals surface area contributed by atoms with E-state index in [1.54, 1.807) is 30.3 Å². The van der Waals surface area contributed by atoms with Crippen molar-refractivity contribution in [1.29, 1.82) is 5.26 Å². The molecule has 100 valence electrons. The second-order valence-electron chi connectivity index (χ2n) is 4.07. The van der Waals surface area contributed by atoms with Crippen molar-refractivity contribution in [2.24, 2.45) is 0 Å². The highest BCUT2D eigenvalue weighted by Crippen LogP contribution is 2.14. The Kier molecular flexibility index (Phi) is 4.06. The molecule has 0 spiro atoms. The maximum absolute atomic E-state index is 13.5. The quantitative estimate of drug-likeness (QED) is 0.933. The van der Waals surface area contributed by atoms with E-state index >= 15 is 0 Å². The van der Waals surface area contributed by atoms with Crippen molar-refractivity contribution in [3.8, 4) is 6.07 Å². The first-order chi connectivity index (χ1) is 9.61. The van der Waals surface area contributed by atoms with Crippen molar-refractivity contribution in [3.05, 3.63) is 71.3 Å². The Morgan fingerprint density at radius 3 is 2.50 bits per heavy atom. The zero-order valence-corrected chi connectivity index (χ0v) is 10.3. The number of hydrogen-bond acceptors (Lipinski definition) is 2. The molecule has 3 nitrogen and oxygen atoms in total. The van der Waals surface area contributed by atoms with Gasteiger partial charge in [-0.3, -0.25) is 4.79 Å². The van der Waals surface area contributed by atoms with Gasteiger partial charge in [-0.1, -0.05) is 30.3 Å². The summed E-state index contributed by atoms with van der Waals surface area (Å²) in [6.07, 6.45) is 0. The molecule has 1 N–H and O–H groups in total. The van der Waals surface area contributed by atoms with E-state index in [1.807, 2.05) is 6.07 Å². The van der Waals surface area contributed by atoms with E-state index in [0.717, 1.165) is 18.2 Å². The number of nitrogens with zero attached hydrogens (tertiary/aromatic N) is 1. The van der Waals surface area contributed by atoms with E-state index in [4.69, 9.17) is 5.26 Å². The van der Waals surface area contributed by atoms with E-state index in [1.165, 1.54) is 0 Å². The van der Waals surface area contributed by atoms with E-state index in [-0.39, 0.29) is 0 Å². The van der Waals surface area contributed by atoms with Gasteiger partial charge in [-0.15, -0.1) is 0 Å². The fourth-order valence-corrected chi connectivity index (χ4v) is 1.72. The second kappa shape index (κ2) is 5.93. The lowest BCUT2D eigenvalue weighted by molar-refractivity contribution is 0.0940. The SMILES string of the molecule is N#CC(NC(=O)c1cc(F)ccc1F)c1ccccc1. The summed E-state index contributed by atoms with van der Waals surface area (Å²) in [5, 5.41) is 11.4. The fraction of sp³-hybridized carbons (Fsp3) is 0.0667. The number of carbonyl (C=O) groups excluding carboxylic acids is 1. The van der Waals surface area contributed by atoms with E-state index in [0.29, 0.717) is 5.56 Å². The molecule has 20 heavy (non-hydrogen) atoms. The molecule has 0 radical (unpaired) electrons. The van der Waals surface area contributed by atoms with Gasteiger partial charge in [-0.05, 0) is 23.8 Å². The molecule has 0 saturated heterocycles. The van der Waals surface area contributed by atoms with Crippen LogP contribution in [0.4, 0.5) is 8.78 Å². The molecule has 0 saturated carbocycles. The summed E-state index contributed by atoms with van der Waals surface area (Å²) >= 11 is 0. The van der Waals surface area contributed by atoms with Crippen LogP contribution in [0.25, 0.3) is 0 Å². The number of halogens is 2. The molecule has 1 unspecified atom stereocenters. The third kappa shape index (κ3) is 2.98. The van der Waals surface area contributed by atoms with Crippen LogP contribution in [0.15, 0.2) is 48.5 Å². The van der Waals surface area contributed by atoms with Crippen molar-refractivity contribution >= 4 is 5.91 Å². The van der Waals surface area contributed by atoms with Crippen molar-refractivity contribution in [2.75, 3.05) is 0 Å². The first-order valence-electron chi connectivity index (χ1n) is 5.82. The maximum Gasteiger partial charge on any atom is 0.255 e. The number of amides is 1. The molecule has 2 aromatic carbocycles. The molecule has 0 aliphatic carbocycles. The van der Waals surface area contributed by atoms with E-state index in [9.17, 15) is 13.6 Å². The molecule has 0 bridgehead atoms. The van der Waals surface area contributed by atoms with Crippen LogP contribution in [0.1, 0.15) is 22.0 Å². The molecule has 1 atom stereocenters. The summed E-state index contributed by atoms with van der Waals surface area (Å²) in [6, 6.07) is 12.1. The van der Waals surface area contributed by atoms with Gasteiger partial charge in [0.1, 0.15) is 17.7 Å². The number of benzene rings is 2. The van der Waals surface area contributed by atoms with Gasteiger partial charge >= 0.3 is 0 Å². The maximum atomic E-state index is 13.5. The molecular formula is C15H10F2N2O. The van der Waals surface area contributed by atoms with Crippen molar-refractivity contribution in [2.45, 2.75) is 6.04 Å². The smallest absolute Gasteiger partial charge is 0.255 e. The molecule has 0 aliphatic rings. The molecular weight excluding hydrogens is 262 g/mol. The molecule has 0 aliphatic heterocycles. The lowest BCUT2D eigenvalue weighted by atomic mass is 10.1. The summed E-state index contributed by atoms with van der Waals surface area (Å²) in [4.78, 5) is 11.9. The third-order valence-electron chi connectivity index (χ3n) is 2.71. The van der Waals surface area contributed by atoms with Gasteiger partial charge in [0, 0.05) is 0 Å². The highest BCUT2D eigenvalue weighted by molar-refractivity contribution is 5.94. The van der Waals surface area contributed by atoms with Crippen LogP contribution in [0, 0.1) is 23.0 Å². The van der Waals surface area contributed by atoms with Crippen molar-refractivity contribution in [3.63, 3.8) is 0 Å². The lowest BCUT2D eigenvalue weighted by Crippen LogP contribution is -2.28. The Labute approximate surface area is 114 Å². The first kappa shape index (κ1) is 13.7. The van der Waals surface area contributed by atoms with Crippen LogP contribution in [0.3, 0.4) is 0 Å². The topological polar surface area (TPSA) is 52.9 Å². The number of hydrogen-bond donors (Lipinski definition) is 1. The minimum Gasteiger partial charge on any atom is -0.332 e. The van der Waals surface area contributed by atoms with Crippen LogP contribution in [-0.2, 0) is 0 Å². The molecule has 2 rings (SSSR count).